The van der Waals surface area contributed by atoms with Crippen molar-refractivity contribution in [2.75, 3.05) is 37.4 Å². The first-order valence-corrected chi connectivity index (χ1v) is 6.60. The van der Waals surface area contributed by atoms with E-state index in [0.29, 0.717) is 6.04 Å². The van der Waals surface area contributed by atoms with Gasteiger partial charge in [-0.3, -0.25) is 0 Å². The van der Waals surface area contributed by atoms with Crippen LogP contribution in [0.25, 0.3) is 0 Å². The SMILES string of the molecule is CN(C)c1ccc(NC2CCNCC2(C)C)cn1. The van der Waals surface area contributed by atoms with Crippen molar-refractivity contribution in [2.24, 2.45) is 5.41 Å². The van der Waals surface area contributed by atoms with E-state index in [4.69, 9.17) is 0 Å². The number of nitrogens with one attached hydrogen (secondary N) is 2. The molecule has 18 heavy (non-hydrogen) atoms. The van der Waals surface area contributed by atoms with Crippen LogP contribution in [0.2, 0.25) is 0 Å². The van der Waals surface area contributed by atoms with Gasteiger partial charge in [0.05, 0.1) is 11.9 Å². The third-order valence-electron chi connectivity index (χ3n) is 3.68. The standard InChI is InChI=1S/C14H24N4/c1-14(2)10-15-8-7-12(14)17-11-5-6-13(16-9-11)18(3)4/h5-6,9,12,15,17H,7-8,10H2,1-4H3. The maximum atomic E-state index is 4.44. The lowest BCUT2D eigenvalue weighted by atomic mass is 9.80. The number of anilines is 2. The van der Waals surface area contributed by atoms with Crippen LogP contribution in [0.4, 0.5) is 11.5 Å². The van der Waals surface area contributed by atoms with Crippen molar-refractivity contribution in [3.8, 4) is 0 Å². The zero-order chi connectivity index (χ0) is 13.2. The van der Waals surface area contributed by atoms with E-state index in [9.17, 15) is 0 Å². The van der Waals surface area contributed by atoms with Crippen LogP contribution in [0.5, 0.6) is 0 Å². The first-order chi connectivity index (χ1) is 8.49. The maximum absolute atomic E-state index is 4.44. The van der Waals surface area contributed by atoms with Crippen molar-refractivity contribution in [3.05, 3.63) is 18.3 Å². The molecule has 4 nitrogen and oxygen atoms in total. The maximum Gasteiger partial charge on any atom is 0.128 e. The number of hydrogen-bond acceptors (Lipinski definition) is 4. The summed E-state index contributed by atoms with van der Waals surface area (Å²) in [4.78, 5) is 6.45. The van der Waals surface area contributed by atoms with Gasteiger partial charge in [-0.1, -0.05) is 13.8 Å². The van der Waals surface area contributed by atoms with Crippen molar-refractivity contribution in [2.45, 2.75) is 26.3 Å². The van der Waals surface area contributed by atoms with Crippen LogP contribution in [-0.4, -0.2) is 38.2 Å². The second kappa shape index (κ2) is 5.14. The van der Waals surface area contributed by atoms with Gasteiger partial charge in [0.25, 0.3) is 0 Å². The normalized spacial score (nSPS) is 22.6. The van der Waals surface area contributed by atoms with Crippen LogP contribution in [0.1, 0.15) is 20.3 Å². The van der Waals surface area contributed by atoms with Crippen LogP contribution in [0.3, 0.4) is 0 Å². The second-order valence-corrected chi connectivity index (χ2v) is 5.95. The summed E-state index contributed by atoms with van der Waals surface area (Å²) in [5.74, 6) is 0.991. The second-order valence-electron chi connectivity index (χ2n) is 5.95. The summed E-state index contributed by atoms with van der Waals surface area (Å²) in [5.41, 5.74) is 1.39. The van der Waals surface area contributed by atoms with Gasteiger partial charge in [-0.2, -0.15) is 0 Å². The molecule has 0 radical (unpaired) electrons. The molecule has 1 fully saturated rings. The zero-order valence-electron chi connectivity index (χ0n) is 11.8. The molecule has 2 N–H and O–H groups in total. The Bertz CT molecular complexity index is 383. The highest BCUT2D eigenvalue weighted by molar-refractivity contribution is 5.48. The van der Waals surface area contributed by atoms with Gasteiger partial charge < -0.3 is 15.5 Å². The van der Waals surface area contributed by atoms with Gasteiger partial charge in [0.2, 0.25) is 0 Å². The lowest BCUT2D eigenvalue weighted by Crippen LogP contribution is -2.49. The van der Waals surface area contributed by atoms with Crippen molar-refractivity contribution < 1.29 is 0 Å². The number of aromatic nitrogens is 1. The monoisotopic (exact) mass is 248 g/mol. The molecule has 1 aliphatic heterocycles. The molecule has 1 aromatic heterocycles. The number of piperidine rings is 1. The first kappa shape index (κ1) is 13.1. The minimum absolute atomic E-state index is 0.276. The molecule has 1 aliphatic rings. The predicted molar refractivity (Wildman–Crippen MR) is 77.2 cm³/mol. The highest BCUT2D eigenvalue weighted by Crippen LogP contribution is 2.28. The summed E-state index contributed by atoms with van der Waals surface area (Å²) in [6.45, 7) is 6.76. The molecular formula is C14H24N4. The quantitative estimate of drug-likeness (QED) is 0.858. The molecule has 0 bridgehead atoms. The number of hydrogen-bond donors (Lipinski definition) is 2. The number of rotatable bonds is 3. The van der Waals surface area contributed by atoms with Crippen LogP contribution >= 0.6 is 0 Å². The highest BCUT2D eigenvalue weighted by atomic mass is 15.1. The summed E-state index contributed by atoms with van der Waals surface area (Å²) in [6.07, 6.45) is 3.08. The molecule has 2 heterocycles. The molecule has 0 aliphatic carbocycles. The van der Waals surface area contributed by atoms with Crippen molar-refractivity contribution in [1.29, 1.82) is 0 Å². The van der Waals surface area contributed by atoms with Gasteiger partial charge >= 0.3 is 0 Å². The van der Waals surface area contributed by atoms with E-state index < -0.39 is 0 Å². The average molecular weight is 248 g/mol. The summed E-state index contributed by atoms with van der Waals surface area (Å²) in [7, 11) is 4.01. The molecule has 100 valence electrons. The smallest absolute Gasteiger partial charge is 0.128 e. The van der Waals surface area contributed by atoms with Gasteiger partial charge in [-0.15, -0.1) is 0 Å². The molecule has 1 saturated heterocycles. The Hall–Kier alpha value is -1.29. The number of nitrogens with zero attached hydrogens (tertiary/aromatic N) is 2. The van der Waals surface area contributed by atoms with E-state index in [1.165, 1.54) is 0 Å². The fourth-order valence-electron chi connectivity index (χ4n) is 2.38. The summed E-state index contributed by atoms with van der Waals surface area (Å²) in [6, 6.07) is 4.67. The molecule has 0 aromatic carbocycles. The van der Waals surface area contributed by atoms with E-state index in [-0.39, 0.29) is 5.41 Å². The number of pyridine rings is 1. The zero-order valence-corrected chi connectivity index (χ0v) is 11.8. The van der Waals surface area contributed by atoms with Gasteiger partial charge in [0, 0.05) is 26.7 Å². The summed E-state index contributed by atoms with van der Waals surface area (Å²) >= 11 is 0. The Kier molecular flexibility index (Phi) is 3.76. The lowest BCUT2D eigenvalue weighted by molar-refractivity contribution is 0.236. The van der Waals surface area contributed by atoms with Gasteiger partial charge in [0.1, 0.15) is 5.82 Å². The third kappa shape index (κ3) is 2.93. The minimum Gasteiger partial charge on any atom is -0.380 e. The Morgan fingerprint density at radius 3 is 2.72 bits per heavy atom. The van der Waals surface area contributed by atoms with E-state index in [2.05, 4.69) is 41.6 Å². The van der Waals surface area contributed by atoms with E-state index in [1.807, 2.05) is 25.2 Å². The fourth-order valence-corrected chi connectivity index (χ4v) is 2.38. The van der Waals surface area contributed by atoms with Crippen molar-refractivity contribution in [3.63, 3.8) is 0 Å². The Balaban J connectivity index is 2.04. The van der Waals surface area contributed by atoms with Crippen molar-refractivity contribution >= 4 is 11.5 Å². The molecule has 4 heteroatoms. The van der Waals surface area contributed by atoms with Crippen LogP contribution in [0, 0.1) is 5.41 Å². The predicted octanol–water partition coefficient (Wildman–Crippen LogP) is 1.95. The largest absolute Gasteiger partial charge is 0.380 e. The Morgan fingerprint density at radius 1 is 1.39 bits per heavy atom. The molecule has 0 amide bonds. The lowest BCUT2D eigenvalue weighted by Gasteiger charge is -2.40. The first-order valence-electron chi connectivity index (χ1n) is 6.60. The van der Waals surface area contributed by atoms with E-state index in [1.54, 1.807) is 0 Å². The van der Waals surface area contributed by atoms with Gasteiger partial charge in [-0.25, -0.2) is 4.98 Å². The van der Waals surface area contributed by atoms with Gasteiger partial charge in [0.15, 0.2) is 0 Å². The molecule has 1 aromatic rings. The Labute approximate surface area is 110 Å². The molecule has 2 rings (SSSR count). The van der Waals surface area contributed by atoms with E-state index in [0.717, 1.165) is 31.0 Å². The average Bonchev–Trinajstić information content (AvgIpc) is 2.32. The van der Waals surface area contributed by atoms with Crippen LogP contribution in [0.15, 0.2) is 18.3 Å². The van der Waals surface area contributed by atoms with E-state index >= 15 is 0 Å². The molecule has 1 unspecified atom stereocenters. The van der Waals surface area contributed by atoms with Crippen molar-refractivity contribution in [1.82, 2.24) is 10.3 Å². The van der Waals surface area contributed by atoms with Crippen LogP contribution in [-0.2, 0) is 0 Å². The Morgan fingerprint density at radius 2 is 2.17 bits per heavy atom. The van der Waals surface area contributed by atoms with Crippen LogP contribution < -0.4 is 15.5 Å². The highest BCUT2D eigenvalue weighted by Gasteiger charge is 2.31. The van der Waals surface area contributed by atoms with Gasteiger partial charge in [-0.05, 0) is 30.5 Å². The molecule has 0 saturated carbocycles. The fraction of sp³-hybridized carbons (Fsp3) is 0.643. The summed E-state index contributed by atoms with van der Waals surface area (Å²) in [5, 5.41) is 7.07. The molecule has 1 atom stereocenters. The molecule has 0 spiro atoms. The minimum atomic E-state index is 0.276. The summed E-state index contributed by atoms with van der Waals surface area (Å²) < 4.78 is 0. The topological polar surface area (TPSA) is 40.2 Å². The third-order valence-corrected chi connectivity index (χ3v) is 3.68. The molecular weight excluding hydrogens is 224 g/mol.